The summed E-state index contributed by atoms with van der Waals surface area (Å²) in [4.78, 5) is 14.4. The first kappa shape index (κ1) is 17.1. The summed E-state index contributed by atoms with van der Waals surface area (Å²) >= 11 is 0. The number of hydrogen-bond acceptors (Lipinski definition) is 3. The average Bonchev–Trinajstić information content (AvgIpc) is 2.60. The van der Waals surface area contributed by atoms with Gasteiger partial charge < -0.3 is 10.2 Å². The topological polar surface area (TPSA) is 56.1 Å². The standard InChI is InChI=1S/C19H25N3O/c1-2-18-10-6-7-13-22(18)15-17(14-20)19(23)21-12-11-16-8-4-3-5-9-16/h3-5,8-9,15,18H,2,6-7,10-13H2,1H3,(H,21,23)/b17-15-. The fourth-order valence-corrected chi connectivity index (χ4v) is 3.00. The SMILES string of the molecule is CCC1CCCCN1/C=C(/C#N)C(=O)NCCc1ccccc1. The summed E-state index contributed by atoms with van der Waals surface area (Å²) in [7, 11) is 0. The number of benzene rings is 1. The van der Waals surface area contributed by atoms with Gasteiger partial charge in [-0.25, -0.2) is 0 Å². The molecule has 0 saturated carbocycles. The zero-order valence-corrected chi connectivity index (χ0v) is 13.8. The van der Waals surface area contributed by atoms with Gasteiger partial charge in [0.05, 0.1) is 0 Å². The van der Waals surface area contributed by atoms with Gasteiger partial charge in [0.15, 0.2) is 0 Å². The molecule has 23 heavy (non-hydrogen) atoms. The van der Waals surface area contributed by atoms with Crippen molar-refractivity contribution in [1.82, 2.24) is 10.2 Å². The molecule has 2 rings (SSSR count). The molecule has 0 bridgehead atoms. The van der Waals surface area contributed by atoms with Gasteiger partial charge in [-0.1, -0.05) is 37.3 Å². The van der Waals surface area contributed by atoms with Crippen molar-refractivity contribution in [2.75, 3.05) is 13.1 Å². The van der Waals surface area contributed by atoms with Crippen molar-refractivity contribution >= 4 is 5.91 Å². The van der Waals surface area contributed by atoms with E-state index >= 15 is 0 Å². The third-order valence-corrected chi connectivity index (χ3v) is 4.35. The smallest absolute Gasteiger partial charge is 0.263 e. The van der Waals surface area contributed by atoms with Gasteiger partial charge in [-0.3, -0.25) is 4.79 Å². The number of carbonyl (C=O) groups excluding carboxylic acids is 1. The van der Waals surface area contributed by atoms with E-state index in [0.717, 1.165) is 32.2 Å². The van der Waals surface area contributed by atoms with E-state index in [4.69, 9.17) is 0 Å². The average molecular weight is 311 g/mol. The molecular formula is C19H25N3O. The van der Waals surface area contributed by atoms with Gasteiger partial charge in [0, 0.05) is 25.3 Å². The normalized spacial score (nSPS) is 18.3. The lowest BCUT2D eigenvalue weighted by Crippen LogP contribution is -2.36. The van der Waals surface area contributed by atoms with E-state index in [0.29, 0.717) is 12.6 Å². The zero-order valence-electron chi connectivity index (χ0n) is 13.8. The molecule has 1 aliphatic rings. The molecule has 0 spiro atoms. The van der Waals surface area contributed by atoms with Gasteiger partial charge in [0.25, 0.3) is 5.91 Å². The highest BCUT2D eigenvalue weighted by molar-refractivity contribution is 5.97. The molecule has 1 aliphatic heterocycles. The van der Waals surface area contributed by atoms with Crippen molar-refractivity contribution in [2.24, 2.45) is 0 Å². The molecule has 1 heterocycles. The molecule has 1 unspecified atom stereocenters. The molecule has 0 aliphatic carbocycles. The number of carbonyl (C=O) groups is 1. The summed E-state index contributed by atoms with van der Waals surface area (Å²) in [5, 5.41) is 12.1. The Morgan fingerprint density at radius 2 is 2.17 bits per heavy atom. The summed E-state index contributed by atoms with van der Waals surface area (Å²) < 4.78 is 0. The van der Waals surface area contributed by atoms with Crippen LogP contribution in [-0.2, 0) is 11.2 Å². The fourth-order valence-electron chi connectivity index (χ4n) is 3.00. The van der Waals surface area contributed by atoms with Crippen molar-refractivity contribution < 1.29 is 4.79 Å². The Kier molecular flexibility index (Phi) is 6.68. The van der Waals surface area contributed by atoms with Gasteiger partial charge in [-0.15, -0.1) is 0 Å². The molecule has 1 aromatic rings. The van der Waals surface area contributed by atoms with E-state index in [-0.39, 0.29) is 11.5 Å². The number of nitriles is 1. The molecule has 1 N–H and O–H groups in total. The van der Waals surface area contributed by atoms with Gasteiger partial charge in [0.1, 0.15) is 11.6 Å². The van der Waals surface area contributed by atoms with Gasteiger partial charge in [-0.2, -0.15) is 5.26 Å². The third kappa shape index (κ3) is 5.14. The maximum atomic E-state index is 12.2. The van der Waals surface area contributed by atoms with Crippen molar-refractivity contribution in [2.45, 2.75) is 45.1 Å². The third-order valence-electron chi connectivity index (χ3n) is 4.35. The predicted molar refractivity (Wildman–Crippen MR) is 91.5 cm³/mol. The minimum absolute atomic E-state index is 0.207. The molecular weight excluding hydrogens is 286 g/mol. The maximum Gasteiger partial charge on any atom is 0.263 e. The fraction of sp³-hybridized carbons (Fsp3) is 0.474. The summed E-state index contributed by atoms with van der Waals surface area (Å²) in [6, 6.07) is 12.5. The largest absolute Gasteiger partial charge is 0.373 e. The Bertz CT molecular complexity index is 574. The predicted octanol–water partition coefficient (Wildman–Crippen LogP) is 3.02. The second-order valence-corrected chi connectivity index (χ2v) is 5.94. The molecule has 0 aromatic heterocycles. The van der Waals surface area contributed by atoms with E-state index in [1.54, 1.807) is 6.20 Å². The zero-order chi connectivity index (χ0) is 16.5. The van der Waals surface area contributed by atoms with Crippen LogP contribution in [0.5, 0.6) is 0 Å². The quantitative estimate of drug-likeness (QED) is 0.649. The lowest BCUT2D eigenvalue weighted by atomic mass is 10.0. The van der Waals surface area contributed by atoms with Crippen molar-refractivity contribution in [1.29, 1.82) is 5.26 Å². The first-order valence-corrected chi connectivity index (χ1v) is 8.44. The highest BCUT2D eigenvalue weighted by Crippen LogP contribution is 2.20. The number of rotatable bonds is 6. The van der Waals surface area contributed by atoms with Crippen LogP contribution in [0.15, 0.2) is 42.1 Å². The molecule has 1 amide bonds. The first-order chi connectivity index (χ1) is 11.2. The van der Waals surface area contributed by atoms with Gasteiger partial charge >= 0.3 is 0 Å². The van der Waals surface area contributed by atoms with Crippen molar-refractivity contribution in [3.05, 3.63) is 47.7 Å². The molecule has 4 nitrogen and oxygen atoms in total. The minimum Gasteiger partial charge on any atom is -0.373 e. The van der Waals surface area contributed by atoms with Crippen LogP contribution in [-0.4, -0.2) is 29.9 Å². The first-order valence-electron chi connectivity index (χ1n) is 8.44. The van der Waals surface area contributed by atoms with Crippen LogP contribution in [0.4, 0.5) is 0 Å². The van der Waals surface area contributed by atoms with Gasteiger partial charge in [-0.05, 0) is 37.7 Å². The Labute approximate surface area is 138 Å². The van der Waals surface area contributed by atoms with Crippen LogP contribution in [0.3, 0.4) is 0 Å². The molecule has 0 radical (unpaired) electrons. The molecule has 4 heteroatoms. The minimum atomic E-state index is -0.274. The van der Waals surface area contributed by atoms with Crippen molar-refractivity contribution in [3.63, 3.8) is 0 Å². The van der Waals surface area contributed by atoms with Crippen LogP contribution in [0.1, 0.15) is 38.2 Å². The van der Waals surface area contributed by atoms with E-state index in [1.165, 1.54) is 12.0 Å². The lowest BCUT2D eigenvalue weighted by Gasteiger charge is -2.34. The Morgan fingerprint density at radius 3 is 2.87 bits per heavy atom. The summed E-state index contributed by atoms with van der Waals surface area (Å²) in [6.45, 7) is 3.63. The monoisotopic (exact) mass is 311 g/mol. The molecule has 1 atom stereocenters. The van der Waals surface area contributed by atoms with E-state index < -0.39 is 0 Å². The van der Waals surface area contributed by atoms with Crippen LogP contribution in [0.25, 0.3) is 0 Å². The van der Waals surface area contributed by atoms with E-state index in [2.05, 4.69) is 17.1 Å². The van der Waals surface area contributed by atoms with Crippen LogP contribution in [0, 0.1) is 11.3 Å². The van der Waals surface area contributed by atoms with Crippen molar-refractivity contribution in [3.8, 4) is 6.07 Å². The van der Waals surface area contributed by atoms with Crippen LogP contribution >= 0.6 is 0 Å². The lowest BCUT2D eigenvalue weighted by molar-refractivity contribution is -0.117. The molecule has 1 aromatic carbocycles. The van der Waals surface area contributed by atoms with E-state index in [9.17, 15) is 10.1 Å². The number of nitrogens with zero attached hydrogens (tertiary/aromatic N) is 2. The second-order valence-electron chi connectivity index (χ2n) is 5.94. The Morgan fingerprint density at radius 1 is 1.39 bits per heavy atom. The molecule has 122 valence electrons. The maximum absolute atomic E-state index is 12.2. The molecule has 1 saturated heterocycles. The van der Waals surface area contributed by atoms with E-state index in [1.807, 2.05) is 36.4 Å². The summed E-state index contributed by atoms with van der Waals surface area (Å²) in [6.07, 6.45) is 7.07. The highest BCUT2D eigenvalue weighted by atomic mass is 16.1. The number of piperidine rings is 1. The van der Waals surface area contributed by atoms with Crippen LogP contribution in [0.2, 0.25) is 0 Å². The number of nitrogens with one attached hydrogen (secondary N) is 1. The van der Waals surface area contributed by atoms with Gasteiger partial charge in [0.2, 0.25) is 0 Å². The summed E-state index contributed by atoms with van der Waals surface area (Å²) in [5.41, 5.74) is 1.38. The highest BCUT2D eigenvalue weighted by Gasteiger charge is 2.20. The summed E-state index contributed by atoms with van der Waals surface area (Å²) in [5.74, 6) is -0.274. The van der Waals surface area contributed by atoms with Crippen LogP contribution < -0.4 is 5.32 Å². The molecule has 1 fully saturated rings. The Balaban J connectivity index is 1.90. The number of hydrogen-bond donors (Lipinski definition) is 1. The Hall–Kier alpha value is -2.28. The second kappa shape index (κ2) is 8.99. The number of amides is 1. The number of likely N-dealkylation sites (tertiary alicyclic amines) is 1.